The zero-order valence-electron chi connectivity index (χ0n) is 12.1. The van der Waals surface area contributed by atoms with Gasteiger partial charge in [-0.3, -0.25) is 0 Å². The van der Waals surface area contributed by atoms with Crippen LogP contribution >= 0.6 is 0 Å². The second-order valence-electron chi connectivity index (χ2n) is 4.11. The molecule has 2 N–H and O–H groups in total. The molecule has 1 aromatic rings. The van der Waals surface area contributed by atoms with Crippen molar-refractivity contribution in [1.82, 2.24) is 5.32 Å². The number of para-hydroxylation sites is 1. The van der Waals surface area contributed by atoms with Crippen molar-refractivity contribution in [2.24, 2.45) is 0 Å². The molecule has 0 saturated carbocycles. The van der Waals surface area contributed by atoms with E-state index in [1.54, 1.807) is 25.1 Å². The fourth-order valence-corrected chi connectivity index (χ4v) is 1.57. The van der Waals surface area contributed by atoms with Crippen LogP contribution in [0.5, 0.6) is 0 Å². The van der Waals surface area contributed by atoms with Crippen molar-refractivity contribution in [1.29, 1.82) is 0 Å². The Hall–Kier alpha value is -2.57. The Morgan fingerprint density at radius 3 is 2.52 bits per heavy atom. The standard InChI is InChI=1S/C14H18N2O5/c1-4-21-13(18)10-7-5-6-8-11(10)16-14(19)15-9(2)12(17)20-3/h5-9H,4H2,1-3H3,(H2,15,16,19)/t9-/m1/s1. The smallest absolute Gasteiger partial charge is 0.340 e. The van der Waals surface area contributed by atoms with Gasteiger partial charge in [-0.2, -0.15) is 0 Å². The van der Waals surface area contributed by atoms with Gasteiger partial charge in [0.25, 0.3) is 0 Å². The number of hydrogen-bond acceptors (Lipinski definition) is 5. The van der Waals surface area contributed by atoms with E-state index >= 15 is 0 Å². The van der Waals surface area contributed by atoms with E-state index in [9.17, 15) is 14.4 Å². The Morgan fingerprint density at radius 2 is 1.90 bits per heavy atom. The van der Waals surface area contributed by atoms with Gasteiger partial charge in [0, 0.05) is 0 Å². The molecule has 114 valence electrons. The summed E-state index contributed by atoms with van der Waals surface area (Å²) >= 11 is 0. The van der Waals surface area contributed by atoms with E-state index in [1.807, 2.05) is 0 Å². The molecule has 0 aliphatic rings. The third-order valence-corrected chi connectivity index (χ3v) is 2.57. The summed E-state index contributed by atoms with van der Waals surface area (Å²) in [6.45, 7) is 3.42. The number of esters is 2. The Labute approximate surface area is 122 Å². The van der Waals surface area contributed by atoms with Gasteiger partial charge in [0.05, 0.1) is 25.0 Å². The zero-order valence-corrected chi connectivity index (χ0v) is 12.1. The van der Waals surface area contributed by atoms with E-state index < -0.39 is 24.0 Å². The second kappa shape index (κ2) is 7.88. The van der Waals surface area contributed by atoms with Crippen LogP contribution in [0.1, 0.15) is 24.2 Å². The first kappa shape index (κ1) is 16.5. The summed E-state index contributed by atoms with van der Waals surface area (Å²) in [5.74, 6) is -1.10. The first-order chi connectivity index (χ1) is 9.99. The van der Waals surface area contributed by atoms with Crippen LogP contribution in [-0.2, 0) is 14.3 Å². The van der Waals surface area contributed by atoms with Gasteiger partial charge >= 0.3 is 18.0 Å². The summed E-state index contributed by atoms with van der Waals surface area (Å²) in [5.41, 5.74) is 0.533. The molecule has 0 saturated heterocycles. The summed E-state index contributed by atoms with van der Waals surface area (Å²) in [6.07, 6.45) is 0. The molecule has 1 aromatic carbocycles. The highest BCUT2D eigenvalue weighted by Gasteiger charge is 2.18. The topological polar surface area (TPSA) is 93.7 Å². The van der Waals surface area contributed by atoms with Crippen LogP contribution in [0.4, 0.5) is 10.5 Å². The molecule has 7 nitrogen and oxygen atoms in total. The predicted molar refractivity (Wildman–Crippen MR) is 76.0 cm³/mol. The van der Waals surface area contributed by atoms with E-state index in [-0.39, 0.29) is 12.2 Å². The average molecular weight is 294 g/mol. The number of anilines is 1. The second-order valence-corrected chi connectivity index (χ2v) is 4.11. The van der Waals surface area contributed by atoms with Crippen molar-refractivity contribution >= 4 is 23.7 Å². The summed E-state index contributed by atoms with van der Waals surface area (Å²) in [5, 5.41) is 4.90. The molecular weight excluding hydrogens is 276 g/mol. The van der Waals surface area contributed by atoms with Crippen molar-refractivity contribution in [3.63, 3.8) is 0 Å². The SMILES string of the molecule is CCOC(=O)c1ccccc1NC(=O)N[C@H](C)C(=O)OC. The third kappa shape index (κ3) is 4.79. The molecule has 0 unspecified atom stereocenters. The van der Waals surface area contributed by atoms with Gasteiger partial charge in [0.2, 0.25) is 0 Å². The number of ether oxygens (including phenoxy) is 2. The predicted octanol–water partition coefficient (Wildman–Crippen LogP) is 1.55. The molecule has 1 rings (SSSR count). The fraction of sp³-hybridized carbons (Fsp3) is 0.357. The van der Waals surface area contributed by atoms with Crippen LogP contribution in [0.15, 0.2) is 24.3 Å². The van der Waals surface area contributed by atoms with Crippen molar-refractivity contribution in [3.05, 3.63) is 29.8 Å². The molecule has 0 aliphatic heterocycles. The molecule has 0 spiro atoms. The Kier molecular flexibility index (Phi) is 6.19. The normalized spacial score (nSPS) is 11.2. The number of benzene rings is 1. The minimum absolute atomic E-state index is 0.235. The zero-order chi connectivity index (χ0) is 15.8. The van der Waals surface area contributed by atoms with Crippen LogP contribution in [0.25, 0.3) is 0 Å². The number of carbonyl (C=O) groups excluding carboxylic acids is 3. The van der Waals surface area contributed by atoms with Gasteiger partial charge in [-0.1, -0.05) is 12.1 Å². The number of carbonyl (C=O) groups is 3. The van der Waals surface area contributed by atoms with Crippen LogP contribution in [0.2, 0.25) is 0 Å². The van der Waals surface area contributed by atoms with Gasteiger partial charge in [-0.05, 0) is 26.0 Å². The Balaban J connectivity index is 2.76. The molecule has 0 heterocycles. The lowest BCUT2D eigenvalue weighted by molar-refractivity contribution is -0.142. The van der Waals surface area contributed by atoms with E-state index in [2.05, 4.69) is 15.4 Å². The third-order valence-electron chi connectivity index (χ3n) is 2.57. The van der Waals surface area contributed by atoms with E-state index in [4.69, 9.17) is 4.74 Å². The molecule has 0 fully saturated rings. The van der Waals surface area contributed by atoms with Crippen molar-refractivity contribution in [2.75, 3.05) is 19.0 Å². The maximum atomic E-state index is 11.8. The molecule has 0 radical (unpaired) electrons. The summed E-state index contributed by atoms with van der Waals surface area (Å²) in [7, 11) is 1.23. The highest BCUT2D eigenvalue weighted by atomic mass is 16.5. The average Bonchev–Trinajstić information content (AvgIpc) is 2.46. The summed E-state index contributed by atoms with van der Waals surface area (Å²) in [6, 6.07) is 5.01. The van der Waals surface area contributed by atoms with Crippen LogP contribution < -0.4 is 10.6 Å². The van der Waals surface area contributed by atoms with Gasteiger partial charge in [0.1, 0.15) is 6.04 Å². The molecule has 0 aromatic heterocycles. The van der Waals surface area contributed by atoms with E-state index in [0.29, 0.717) is 5.69 Å². The highest BCUT2D eigenvalue weighted by Crippen LogP contribution is 2.16. The monoisotopic (exact) mass is 294 g/mol. The minimum Gasteiger partial charge on any atom is -0.467 e. The van der Waals surface area contributed by atoms with Gasteiger partial charge in [0.15, 0.2) is 0 Å². The van der Waals surface area contributed by atoms with Gasteiger partial charge in [-0.15, -0.1) is 0 Å². The van der Waals surface area contributed by atoms with Gasteiger partial charge in [-0.25, -0.2) is 14.4 Å². The summed E-state index contributed by atoms with van der Waals surface area (Å²) < 4.78 is 9.40. The molecule has 21 heavy (non-hydrogen) atoms. The molecule has 0 aliphatic carbocycles. The Bertz CT molecular complexity index is 530. The lowest BCUT2D eigenvalue weighted by Crippen LogP contribution is -2.41. The molecular formula is C14H18N2O5. The number of methoxy groups -OCH3 is 1. The number of hydrogen-bond donors (Lipinski definition) is 2. The van der Waals surface area contributed by atoms with Crippen molar-refractivity contribution < 1.29 is 23.9 Å². The Morgan fingerprint density at radius 1 is 1.24 bits per heavy atom. The lowest BCUT2D eigenvalue weighted by Gasteiger charge is -2.14. The van der Waals surface area contributed by atoms with Crippen LogP contribution in [-0.4, -0.2) is 37.7 Å². The summed E-state index contributed by atoms with van der Waals surface area (Å²) in [4.78, 5) is 34.8. The van der Waals surface area contributed by atoms with Crippen LogP contribution in [0.3, 0.4) is 0 Å². The molecule has 0 bridgehead atoms. The maximum absolute atomic E-state index is 11.8. The number of urea groups is 1. The fourth-order valence-electron chi connectivity index (χ4n) is 1.57. The highest BCUT2D eigenvalue weighted by molar-refractivity contribution is 6.01. The molecule has 1 atom stereocenters. The largest absolute Gasteiger partial charge is 0.467 e. The number of amides is 2. The molecule has 2 amide bonds. The lowest BCUT2D eigenvalue weighted by atomic mass is 10.2. The molecule has 7 heteroatoms. The van der Waals surface area contributed by atoms with Crippen molar-refractivity contribution in [2.45, 2.75) is 19.9 Å². The van der Waals surface area contributed by atoms with Crippen LogP contribution in [0, 0.1) is 0 Å². The maximum Gasteiger partial charge on any atom is 0.340 e. The number of rotatable bonds is 5. The van der Waals surface area contributed by atoms with E-state index in [1.165, 1.54) is 20.1 Å². The first-order valence-corrected chi connectivity index (χ1v) is 6.41. The van der Waals surface area contributed by atoms with Crippen molar-refractivity contribution in [3.8, 4) is 0 Å². The van der Waals surface area contributed by atoms with Gasteiger partial charge < -0.3 is 20.1 Å². The minimum atomic E-state index is -0.801. The quantitative estimate of drug-likeness (QED) is 0.803. The number of nitrogens with one attached hydrogen (secondary N) is 2. The first-order valence-electron chi connectivity index (χ1n) is 6.41. The van der Waals surface area contributed by atoms with E-state index in [0.717, 1.165) is 0 Å².